The van der Waals surface area contributed by atoms with Gasteiger partial charge in [0.05, 0.1) is 21.7 Å². The van der Waals surface area contributed by atoms with E-state index < -0.39 is 5.60 Å². The molecule has 4 heterocycles. The highest BCUT2D eigenvalue weighted by Crippen LogP contribution is 2.46. The summed E-state index contributed by atoms with van der Waals surface area (Å²) < 4.78 is 6.19. The van der Waals surface area contributed by atoms with E-state index in [1.54, 1.807) is 24.4 Å². The summed E-state index contributed by atoms with van der Waals surface area (Å²) in [5.41, 5.74) is 14.2. The van der Waals surface area contributed by atoms with E-state index in [0.29, 0.717) is 58.9 Å². The molecule has 1 aromatic carbocycles. The first-order chi connectivity index (χ1) is 15.4. The SMILES string of the molecule is N#Cc1nc(N2CCC3(CC2)Oc2ncccc2C3N)nc(N)c1-c1cccc(Cl)c1Cl. The molecular weight excluding hydrogens is 449 g/mol. The number of piperidine rings is 1. The Hall–Kier alpha value is -3.12. The summed E-state index contributed by atoms with van der Waals surface area (Å²) in [6.45, 7) is 1.20. The first-order valence-corrected chi connectivity index (χ1v) is 10.9. The average molecular weight is 468 g/mol. The van der Waals surface area contributed by atoms with Crippen molar-refractivity contribution in [3.8, 4) is 23.1 Å². The summed E-state index contributed by atoms with van der Waals surface area (Å²) in [6, 6.07) is 10.8. The number of fused-ring (bicyclic) bond motifs is 1. The van der Waals surface area contributed by atoms with Crippen molar-refractivity contribution in [1.29, 1.82) is 5.26 Å². The zero-order chi connectivity index (χ0) is 22.5. The lowest BCUT2D eigenvalue weighted by Crippen LogP contribution is -2.51. The Balaban J connectivity index is 1.42. The number of anilines is 2. The number of rotatable bonds is 2. The van der Waals surface area contributed by atoms with E-state index in [2.05, 4.69) is 21.0 Å². The second kappa shape index (κ2) is 7.78. The van der Waals surface area contributed by atoms with Gasteiger partial charge in [-0.15, -0.1) is 0 Å². The number of halogens is 2. The molecule has 1 saturated heterocycles. The summed E-state index contributed by atoms with van der Waals surface area (Å²) in [5, 5.41) is 10.4. The van der Waals surface area contributed by atoms with Crippen molar-refractivity contribution in [3.05, 3.63) is 57.8 Å². The van der Waals surface area contributed by atoms with Gasteiger partial charge in [-0.3, -0.25) is 0 Å². The van der Waals surface area contributed by atoms with Crippen LogP contribution in [0.25, 0.3) is 11.1 Å². The van der Waals surface area contributed by atoms with Crippen LogP contribution in [0.1, 0.15) is 30.1 Å². The van der Waals surface area contributed by atoms with Crippen LogP contribution in [0.15, 0.2) is 36.5 Å². The zero-order valence-electron chi connectivity index (χ0n) is 16.9. The molecule has 3 aromatic rings. The van der Waals surface area contributed by atoms with Crippen molar-refractivity contribution < 1.29 is 4.74 Å². The molecule has 1 spiro atoms. The van der Waals surface area contributed by atoms with Gasteiger partial charge < -0.3 is 21.1 Å². The maximum atomic E-state index is 9.76. The summed E-state index contributed by atoms with van der Waals surface area (Å²) in [5.74, 6) is 1.16. The van der Waals surface area contributed by atoms with Gasteiger partial charge in [0.2, 0.25) is 11.8 Å². The first kappa shape index (κ1) is 20.8. The Labute approximate surface area is 194 Å². The molecule has 0 saturated carbocycles. The monoisotopic (exact) mass is 467 g/mol. The number of pyridine rings is 1. The van der Waals surface area contributed by atoms with Crippen molar-refractivity contribution in [3.63, 3.8) is 0 Å². The van der Waals surface area contributed by atoms with Gasteiger partial charge >= 0.3 is 0 Å². The predicted octanol–water partition coefficient (Wildman–Crippen LogP) is 3.73. The number of aromatic nitrogens is 3. The van der Waals surface area contributed by atoms with E-state index in [-0.39, 0.29) is 17.6 Å². The fraction of sp³-hybridized carbons (Fsp3) is 0.273. The molecule has 1 unspecified atom stereocenters. The fourth-order valence-corrected chi connectivity index (χ4v) is 4.81. The number of nitrogens with zero attached hydrogens (tertiary/aromatic N) is 5. The van der Waals surface area contributed by atoms with Crippen molar-refractivity contribution >= 4 is 35.0 Å². The topological polar surface area (TPSA) is 127 Å². The van der Waals surface area contributed by atoms with Crippen molar-refractivity contribution in [2.24, 2.45) is 5.73 Å². The number of hydrogen-bond acceptors (Lipinski definition) is 8. The van der Waals surface area contributed by atoms with Crippen LogP contribution in [0.3, 0.4) is 0 Å². The second-order valence-electron chi connectivity index (χ2n) is 7.87. The second-order valence-corrected chi connectivity index (χ2v) is 8.66. The number of benzene rings is 1. The minimum absolute atomic E-state index is 0.141. The normalized spacial score (nSPS) is 18.8. The van der Waals surface area contributed by atoms with Crippen LogP contribution in [0.5, 0.6) is 5.88 Å². The van der Waals surface area contributed by atoms with Crippen molar-refractivity contribution in [2.75, 3.05) is 23.7 Å². The number of nitrogens with two attached hydrogens (primary N) is 2. The summed E-state index contributed by atoms with van der Waals surface area (Å²) >= 11 is 12.5. The number of nitriles is 1. The van der Waals surface area contributed by atoms with Gasteiger partial charge in [-0.1, -0.05) is 41.4 Å². The lowest BCUT2D eigenvalue weighted by molar-refractivity contribution is 0.0396. The Morgan fingerprint density at radius 3 is 2.66 bits per heavy atom. The van der Waals surface area contributed by atoms with Gasteiger partial charge in [0, 0.05) is 43.3 Å². The zero-order valence-corrected chi connectivity index (χ0v) is 18.4. The molecular formula is C22H19Cl2N7O. The molecule has 1 atom stereocenters. The Morgan fingerprint density at radius 1 is 1.16 bits per heavy atom. The van der Waals surface area contributed by atoms with Crippen molar-refractivity contribution in [2.45, 2.75) is 24.5 Å². The van der Waals surface area contributed by atoms with Crippen LogP contribution >= 0.6 is 23.2 Å². The standard InChI is InChI=1S/C22H19Cl2N7O/c23-14-5-1-3-12(17(14)24)16-15(11-25)29-21(30-19(16)27)31-9-6-22(7-10-31)18(26)13-4-2-8-28-20(13)32-22/h1-5,8,18H,6-7,9-10,26H2,(H2,27,29,30). The Bertz CT molecular complexity index is 1250. The molecule has 2 aliphatic heterocycles. The van der Waals surface area contributed by atoms with Crippen molar-refractivity contribution in [1.82, 2.24) is 15.0 Å². The summed E-state index contributed by atoms with van der Waals surface area (Å²) in [6.07, 6.45) is 3.03. The molecule has 1 fully saturated rings. The third kappa shape index (κ3) is 3.21. The fourth-order valence-electron chi connectivity index (χ4n) is 4.41. The van der Waals surface area contributed by atoms with Crippen LogP contribution in [0.2, 0.25) is 10.0 Å². The minimum atomic E-state index is -0.509. The van der Waals surface area contributed by atoms with Gasteiger partial charge in [-0.05, 0) is 12.1 Å². The largest absolute Gasteiger partial charge is 0.469 e. The molecule has 162 valence electrons. The molecule has 32 heavy (non-hydrogen) atoms. The van der Waals surface area contributed by atoms with Crippen LogP contribution in [-0.4, -0.2) is 33.6 Å². The smallest absolute Gasteiger partial charge is 0.228 e. The van der Waals surface area contributed by atoms with E-state index in [1.807, 2.05) is 17.0 Å². The maximum absolute atomic E-state index is 9.76. The number of ether oxygens (including phenoxy) is 1. The molecule has 8 nitrogen and oxygen atoms in total. The van der Waals surface area contributed by atoms with Gasteiger partial charge in [0.15, 0.2) is 5.69 Å². The van der Waals surface area contributed by atoms with E-state index in [0.717, 1.165) is 5.56 Å². The van der Waals surface area contributed by atoms with Gasteiger partial charge in [-0.25, -0.2) is 9.97 Å². The maximum Gasteiger partial charge on any atom is 0.228 e. The Kier molecular flexibility index (Phi) is 5.05. The number of nitrogen functional groups attached to an aromatic ring is 1. The molecule has 0 aliphatic carbocycles. The average Bonchev–Trinajstić information content (AvgIpc) is 3.07. The van der Waals surface area contributed by atoms with Crippen LogP contribution in [-0.2, 0) is 0 Å². The quantitative estimate of drug-likeness (QED) is 0.583. The van der Waals surface area contributed by atoms with E-state index in [1.165, 1.54) is 0 Å². The molecule has 0 amide bonds. The lowest BCUT2D eigenvalue weighted by Gasteiger charge is -2.40. The van der Waals surface area contributed by atoms with E-state index in [4.69, 9.17) is 39.4 Å². The van der Waals surface area contributed by atoms with Gasteiger partial charge in [-0.2, -0.15) is 10.2 Å². The molecule has 4 N–H and O–H groups in total. The summed E-state index contributed by atoms with van der Waals surface area (Å²) in [7, 11) is 0. The molecule has 5 rings (SSSR count). The highest BCUT2D eigenvalue weighted by atomic mass is 35.5. The minimum Gasteiger partial charge on any atom is -0.469 e. The molecule has 2 aliphatic rings. The highest BCUT2D eigenvalue weighted by molar-refractivity contribution is 6.43. The predicted molar refractivity (Wildman–Crippen MR) is 123 cm³/mol. The lowest BCUT2D eigenvalue weighted by atomic mass is 9.83. The van der Waals surface area contributed by atoms with Gasteiger partial charge in [0.1, 0.15) is 17.5 Å². The third-order valence-corrected chi connectivity index (χ3v) is 6.97. The van der Waals surface area contributed by atoms with E-state index >= 15 is 0 Å². The molecule has 10 heteroatoms. The molecule has 0 radical (unpaired) electrons. The van der Waals surface area contributed by atoms with Crippen LogP contribution in [0.4, 0.5) is 11.8 Å². The third-order valence-electron chi connectivity index (χ3n) is 6.15. The molecule has 2 aromatic heterocycles. The Morgan fingerprint density at radius 2 is 1.94 bits per heavy atom. The first-order valence-electron chi connectivity index (χ1n) is 10.1. The summed E-state index contributed by atoms with van der Waals surface area (Å²) in [4.78, 5) is 15.3. The van der Waals surface area contributed by atoms with Crippen LogP contribution < -0.4 is 21.1 Å². The number of hydrogen-bond donors (Lipinski definition) is 2. The van der Waals surface area contributed by atoms with E-state index in [9.17, 15) is 5.26 Å². The molecule has 0 bridgehead atoms. The van der Waals surface area contributed by atoms with Crippen LogP contribution in [0, 0.1) is 11.3 Å². The van der Waals surface area contributed by atoms with Gasteiger partial charge in [0.25, 0.3) is 0 Å². The highest BCUT2D eigenvalue weighted by Gasteiger charge is 2.49.